The first-order valence-electron chi connectivity index (χ1n) is 16.7. The van der Waals surface area contributed by atoms with Crippen molar-refractivity contribution in [1.29, 1.82) is 0 Å². The van der Waals surface area contributed by atoms with Crippen molar-refractivity contribution in [3.05, 3.63) is 89.5 Å². The Balaban J connectivity index is 1.11. The Morgan fingerprint density at radius 1 is 0.585 bits per heavy atom. The van der Waals surface area contributed by atoms with E-state index in [1.165, 1.54) is 107 Å². The zero-order valence-electron chi connectivity index (χ0n) is 25.5. The Morgan fingerprint density at radius 3 is 1.59 bits per heavy atom. The molecular weight excluding hydrogens is 500 g/mol. The van der Waals surface area contributed by atoms with Gasteiger partial charge in [-0.05, 0) is 122 Å². The van der Waals surface area contributed by atoms with Crippen LogP contribution in [-0.4, -0.2) is 5.97 Å². The lowest BCUT2D eigenvalue weighted by Crippen LogP contribution is -2.13. The lowest BCUT2D eigenvalue weighted by Gasteiger charge is -2.29. The van der Waals surface area contributed by atoms with Crippen LogP contribution in [0.15, 0.2) is 72.8 Å². The molecule has 2 heteroatoms. The molecule has 0 heterocycles. The van der Waals surface area contributed by atoms with Crippen molar-refractivity contribution >= 4 is 5.97 Å². The molecule has 5 rings (SSSR count). The second-order valence-electron chi connectivity index (χ2n) is 12.9. The van der Waals surface area contributed by atoms with Gasteiger partial charge in [-0.3, -0.25) is 0 Å². The number of hydrogen-bond donors (Lipinski definition) is 0. The van der Waals surface area contributed by atoms with Crippen LogP contribution in [0, 0.1) is 11.8 Å². The molecule has 218 valence electrons. The SMILES string of the molecule is CCCCC[C@H]1CC[C@H](c2ccc(-c3ccc(C(=O)Oc4ccc([C@H]5CC[C@H](CCC)CC5)cc4)cc3)cc2)CC1. The van der Waals surface area contributed by atoms with Crippen molar-refractivity contribution in [2.24, 2.45) is 11.8 Å². The average Bonchev–Trinajstić information content (AvgIpc) is 3.03. The van der Waals surface area contributed by atoms with Gasteiger partial charge < -0.3 is 4.74 Å². The van der Waals surface area contributed by atoms with Crippen LogP contribution in [-0.2, 0) is 0 Å². The normalized spacial score (nSPS) is 22.8. The van der Waals surface area contributed by atoms with Gasteiger partial charge in [0.25, 0.3) is 0 Å². The van der Waals surface area contributed by atoms with Gasteiger partial charge in [0, 0.05) is 0 Å². The lowest BCUT2D eigenvalue weighted by atomic mass is 9.77. The fourth-order valence-corrected chi connectivity index (χ4v) is 7.38. The van der Waals surface area contributed by atoms with Crippen molar-refractivity contribution in [3.63, 3.8) is 0 Å². The second kappa shape index (κ2) is 14.9. The predicted molar refractivity (Wildman–Crippen MR) is 172 cm³/mol. The summed E-state index contributed by atoms with van der Waals surface area (Å²) in [7, 11) is 0. The minimum atomic E-state index is -0.301. The third-order valence-electron chi connectivity index (χ3n) is 10.0. The monoisotopic (exact) mass is 550 g/mol. The fraction of sp³-hybridized carbons (Fsp3) is 0.513. The molecule has 0 N–H and O–H groups in total. The highest BCUT2D eigenvalue weighted by atomic mass is 16.5. The van der Waals surface area contributed by atoms with Gasteiger partial charge in [-0.25, -0.2) is 4.79 Å². The maximum atomic E-state index is 12.8. The van der Waals surface area contributed by atoms with Gasteiger partial charge in [0.05, 0.1) is 5.56 Å². The molecule has 0 saturated heterocycles. The van der Waals surface area contributed by atoms with Crippen LogP contribution in [0.1, 0.15) is 137 Å². The smallest absolute Gasteiger partial charge is 0.343 e. The highest BCUT2D eigenvalue weighted by Crippen LogP contribution is 2.39. The van der Waals surface area contributed by atoms with Crippen LogP contribution < -0.4 is 4.74 Å². The zero-order chi connectivity index (χ0) is 28.4. The summed E-state index contributed by atoms with van der Waals surface area (Å²) < 4.78 is 5.72. The van der Waals surface area contributed by atoms with Gasteiger partial charge in [0.15, 0.2) is 0 Å². The third kappa shape index (κ3) is 8.12. The molecule has 0 aromatic heterocycles. The molecule has 0 amide bonds. The second-order valence-corrected chi connectivity index (χ2v) is 12.9. The zero-order valence-corrected chi connectivity index (χ0v) is 25.5. The number of carbonyl (C=O) groups is 1. The van der Waals surface area contributed by atoms with E-state index in [1.807, 2.05) is 36.4 Å². The van der Waals surface area contributed by atoms with E-state index in [0.29, 0.717) is 23.1 Å². The molecule has 2 fully saturated rings. The predicted octanol–water partition coefficient (Wildman–Crippen LogP) is 11.5. The molecule has 3 aromatic carbocycles. The molecule has 2 saturated carbocycles. The van der Waals surface area contributed by atoms with Crippen LogP contribution in [0.5, 0.6) is 5.75 Å². The number of rotatable bonds is 11. The maximum absolute atomic E-state index is 12.8. The van der Waals surface area contributed by atoms with Gasteiger partial charge in [0.1, 0.15) is 5.75 Å². The molecule has 3 aromatic rings. The summed E-state index contributed by atoms with van der Waals surface area (Å²) in [6.45, 7) is 4.58. The molecule has 41 heavy (non-hydrogen) atoms. The van der Waals surface area contributed by atoms with Crippen molar-refractivity contribution in [2.75, 3.05) is 0 Å². The Morgan fingerprint density at radius 2 is 1.07 bits per heavy atom. The molecule has 0 unspecified atom stereocenters. The largest absolute Gasteiger partial charge is 0.423 e. The molecule has 0 aliphatic heterocycles. The van der Waals surface area contributed by atoms with Gasteiger partial charge in [-0.2, -0.15) is 0 Å². The topological polar surface area (TPSA) is 26.3 Å². The van der Waals surface area contributed by atoms with E-state index in [4.69, 9.17) is 4.74 Å². The molecule has 0 bridgehead atoms. The van der Waals surface area contributed by atoms with E-state index in [-0.39, 0.29) is 5.97 Å². The summed E-state index contributed by atoms with van der Waals surface area (Å²) in [5.74, 6) is 3.53. The van der Waals surface area contributed by atoms with Gasteiger partial charge >= 0.3 is 5.97 Å². The molecule has 0 radical (unpaired) electrons. The number of carbonyl (C=O) groups excluding carboxylic acids is 1. The van der Waals surface area contributed by atoms with Crippen LogP contribution in [0.4, 0.5) is 0 Å². The Hall–Kier alpha value is -2.87. The van der Waals surface area contributed by atoms with E-state index in [0.717, 1.165) is 17.4 Å². The van der Waals surface area contributed by atoms with Crippen molar-refractivity contribution in [1.82, 2.24) is 0 Å². The summed E-state index contributed by atoms with van der Waals surface area (Å²) in [5.41, 5.74) is 5.77. The first-order chi connectivity index (χ1) is 20.1. The lowest BCUT2D eigenvalue weighted by molar-refractivity contribution is 0.0734. The van der Waals surface area contributed by atoms with Crippen molar-refractivity contribution in [2.45, 2.75) is 116 Å². The number of ether oxygens (including phenoxy) is 1. The summed E-state index contributed by atoms with van der Waals surface area (Å²) in [6.07, 6.45) is 18.9. The van der Waals surface area contributed by atoms with Crippen LogP contribution in [0.2, 0.25) is 0 Å². The van der Waals surface area contributed by atoms with Gasteiger partial charge in [-0.15, -0.1) is 0 Å². The number of hydrogen-bond acceptors (Lipinski definition) is 2. The quantitative estimate of drug-likeness (QED) is 0.135. The highest BCUT2D eigenvalue weighted by molar-refractivity contribution is 5.91. The van der Waals surface area contributed by atoms with Gasteiger partial charge in [0.2, 0.25) is 0 Å². The van der Waals surface area contributed by atoms with E-state index in [9.17, 15) is 4.79 Å². The minimum absolute atomic E-state index is 0.301. The molecule has 0 atom stereocenters. The van der Waals surface area contributed by atoms with Crippen LogP contribution in [0.25, 0.3) is 11.1 Å². The number of unbranched alkanes of at least 4 members (excludes halogenated alkanes) is 2. The summed E-state index contributed by atoms with van der Waals surface area (Å²) >= 11 is 0. The van der Waals surface area contributed by atoms with Gasteiger partial charge in [-0.1, -0.05) is 101 Å². The van der Waals surface area contributed by atoms with E-state index in [1.54, 1.807) is 0 Å². The third-order valence-corrected chi connectivity index (χ3v) is 10.0. The molecule has 0 spiro atoms. The summed E-state index contributed by atoms with van der Waals surface area (Å²) in [6, 6.07) is 25.2. The Kier molecular flexibility index (Phi) is 10.7. The van der Waals surface area contributed by atoms with Crippen molar-refractivity contribution in [3.8, 4) is 16.9 Å². The molecular formula is C39H50O2. The highest BCUT2D eigenvalue weighted by Gasteiger charge is 2.23. The Bertz CT molecular complexity index is 1190. The molecule has 2 aliphatic carbocycles. The fourth-order valence-electron chi connectivity index (χ4n) is 7.38. The van der Waals surface area contributed by atoms with Crippen LogP contribution in [0.3, 0.4) is 0 Å². The minimum Gasteiger partial charge on any atom is -0.423 e. The maximum Gasteiger partial charge on any atom is 0.343 e. The molecule has 2 aliphatic rings. The number of esters is 1. The van der Waals surface area contributed by atoms with E-state index in [2.05, 4.69) is 50.2 Å². The first-order valence-corrected chi connectivity index (χ1v) is 16.7. The summed E-state index contributed by atoms with van der Waals surface area (Å²) in [4.78, 5) is 12.8. The van der Waals surface area contributed by atoms with Crippen LogP contribution >= 0.6 is 0 Å². The number of benzene rings is 3. The summed E-state index contributed by atoms with van der Waals surface area (Å²) in [5, 5.41) is 0. The average molecular weight is 551 g/mol. The Labute approximate surface area is 248 Å². The first kappa shape index (κ1) is 29.6. The standard InChI is InChI=1S/C39H50O2/c1-3-5-6-8-30-11-15-31(16-12-30)33-17-19-34(20-18-33)35-21-23-37(24-22-35)39(40)41-38-27-25-36(26-28-38)32-13-9-29(7-4-2)10-14-32/h17-32H,3-16H2,1-2H3/t29-,30-,31-,32-. The molecule has 2 nitrogen and oxygen atoms in total. The van der Waals surface area contributed by atoms with E-state index < -0.39 is 0 Å². The van der Waals surface area contributed by atoms with E-state index >= 15 is 0 Å². The van der Waals surface area contributed by atoms with Crippen molar-refractivity contribution < 1.29 is 9.53 Å².